The Morgan fingerprint density at radius 1 is 1.36 bits per heavy atom. The Bertz CT molecular complexity index is 1030. The number of carbonyl (C=O) groups excluding carboxylic acids is 1. The fourth-order valence-electron chi connectivity index (χ4n) is 5.02. The maximum Gasteiger partial charge on any atom is 0.353 e. The highest BCUT2D eigenvalue weighted by molar-refractivity contribution is 8.04. The summed E-state index contributed by atoms with van der Waals surface area (Å²) in [6.07, 6.45) is 2.95. The molecule has 5 atom stereocenters. The lowest BCUT2D eigenvalue weighted by molar-refractivity contribution is -0.162. The number of thiazole rings is 1. The number of aromatic nitrogens is 1. The molecule has 0 saturated carbocycles. The summed E-state index contributed by atoms with van der Waals surface area (Å²) in [5.74, 6) is -1.58. The van der Waals surface area contributed by atoms with Crippen LogP contribution in [-0.2, 0) is 14.0 Å². The Morgan fingerprint density at radius 3 is 2.67 bits per heavy atom. The van der Waals surface area contributed by atoms with Gasteiger partial charge in [-0.2, -0.15) is 0 Å². The molecule has 0 spiro atoms. The molecule has 180 valence electrons. The molecule has 1 N–H and O–H groups in total. The normalized spacial score (nSPS) is 29.1. The highest BCUT2D eigenvalue weighted by Gasteiger charge is 2.60. The molecule has 0 unspecified atom stereocenters. The van der Waals surface area contributed by atoms with Gasteiger partial charge < -0.3 is 14.4 Å². The van der Waals surface area contributed by atoms with Gasteiger partial charge >= 0.3 is 5.97 Å². The Morgan fingerprint density at radius 2 is 2.06 bits per heavy atom. The second kappa shape index (κ2) is 8.96. The maximum absolute atomic E-state index is 13.0. The third-order valence-corrected chi connectivity index (χ3v) is 10.0. The van der Waals surface area contributed by atoms with Crippen LogP contribution >= 0.6 is 23.1 Å². The molecule has 10 heteroatoms. The van der Waals surface area contributed by atoms with E-state index in [-0.39, 0.29) is 35.6 Å². The fourth-order valence-corrected chi connectivity index (χ4v) is 8.40. The summed E-state index contributed by atoms with van der Waals surface area (Å²) in [7, 11) is 0.297. The van der Waals surface area contributed by atoms with Crippen LogP contribution in [0, 0.1) is 11.8 Å². The molecule has 3 aliphatic rings. The molecule has 4 rings (SSSR count). The number of amides is 1. The lowest BCUT2D eigenvalue weighted by atomic mass is 9.79. The quantitative estimate of drug-likeness (QED) is 0.434. The summed E-state index contributed by atoms with van der Waals surface area (Å²) in [4.78, 5) is 34.5. The molecule has 3 aliphatic heterocycles. The van der Waals surface area contributed by atoms with Crippen molar-refractivity contribution in [3.63, 3.8) is 0 Å². The molecule has 0 aliphatic carbocycles. The number of nitrogens with zero attached hydrogens (tertiary/aromatic N) is 3. The lowest BCUT2D eigenvalue weighted by Crippen LogP contribution is -2.64. The zero-order valence-electron chi connectivity index (χ0n) is 20.3. The summed E-state index contributed by atoms with van der Waals surface area (Å²) in [6.45, 7) is 13.4. The first-order valence-electron chi connectivity index (χ1n) is 11.4. The van der Waals surface area contributed by atoms with E-state index in [0.29, 0.717) is 6.04 Å². The van der Waals surface area contributed by atoms with Gasteiger partial charge in [-0.1, -0.05) is 24.8 Å². The third-order valence-electron chi connectivity index (χ3n) is 6.74. The second-order valence-corrected chi connectivity index (χ2v) is 16.9. The van der Waals surface area contributed by atoms with Crippen molar-refractivity contribution in [2.24, 2.45) is 11.8 Å². The van der Waals surface area contributed by atoms with Gasteiger partial charge in [-0.05, 0) is 52.5 Å². The molecule has 1 fully saturated rings. The van der Waals surface area contributed by atoms with Gasteiger partial charge in [0.25, 0.3) is 0 Å². The number of rotatable bonds is 7. The lowest BCUT2D eigenvalue weighted by Gasteiger charge is -2.48. The Hall–Kier alpha value is -1.46. The van der Waals surface area contributed by atoms with E-state index in [1.807, 2.05) is 13.8 Å². The number of carboxylic acid groups (broad SMARTS) is 1. The monoisotopic (exact) mass is 507 g/mol. The standard InChI is InChI=1S/C23H33N3O4S2Si/c1-12-10-15(8-9-25(12)4)16-11-31-23(24-16)32-20-13(2)18-17(14(3)30-33(5,6)7)21(27)26(18)19(20)22(28)29/h8,11-14,17-18H,9-10H2,1-7H3,(H,28,29)/t12-,13+,14+,17+,18+/m0/s1. The van der Waals surface area contributed by atoms with Gasteiger partial charge in [0, 0.05) is 28.8 Å². The van der Waals surface area contributed by atoms with Crippen molar-refractivity contribution in [3.05, 3.63) is 27.8 Å². The predicted molar refractivity (Wildman–Crippen MR) is 134 cm³/mol. The number of carbonyl (C=O) groups is 2. The van der Waals surface area contributed by atoms with Gasteiger partial charge in [0.15, 0.2) is 12.7 Å². The molecule has 7 nitrogen and oxygen atoms in total. The summed E-state index contributed by atoms with van der Waals surface area (Å²) >= 11 is 2.94. The van der Waals surface area contributed by atoms with Gasteiger partial charge in [0.2, 0.25) is 5.91 Å². The number of thioether (sulfide) groups is 1. The number of carboxylic acids is 1. The van der Waals surface area contributed by atoms with Crippen LogP contribution in [0.4, 0.5) is 0 Å². The van der Waals surface area contributed by atoms with Gasteiger partial charge in [-0.3, -0.25) is 9.69 Å². The number of aliphatic carboxylic acids is 1. The van der Waals surface area contributed by atoms with E-state index >= 15 is 0 Å². The van der Waals surface area contributed by atoms with E-state index < -0.39 is 14.3 Å². The topological polar surface area (TPSA) is 83.0 Å². The maximum atomic E-state index is 13.0. The van der Waals surface area contributed by atoms with Crippen molar-refractivity contribution in [1.29, 1.82) is 0 Å². The van der Waals surface area contributed by atoms with Crippen molar-refractivity contribution < 1.29 is 19.1 Å². The molecule has 33 heavy (non-hydrogen) atoms. The van der Waals surface area contributed by atoms with E-state index in [0.717, 1.165) is 27.9 Å². The first kappa shape index (κ1) is 24.7. The van der Waals surface area contributed by atoms with E-state index in [9.17, 15) is 14.7 Å². The van der Waals surface area contributed by atoms with E-state index in [2.05, 4.69) is 50.0 Å². The van der Waals surface area contributed by atoms with Crippen LogP contribution in [0.15, 0.2) is 26.4 Å². The average Bonchev–Trinajstić information content (AvgIpc) is 3.25. The Balaban J connectivity index is 1.56. The smallest absolute Gasteiger partial charge is 0.353 e. The van der Waals surface area contributed by atoms with Gasteiger partial charge in [0.05, 0.1) is 23.8 Å². The van der Waals surface area contributed by atoms with Crippen LogP contribution in [0.2, 0.25) is 19.6 Å². The number of hydrogen-bond donors (Lipinski definition) is 1. The molecular weight excluding hydrogens is 474 g/mol. The number of hydrogen-bond acceptors (Lipinski definition) is 7. The number of β-lactam (4-membered cyclic amide) rings is 1. The number of likely N-dealkylation sites (N-methyl/N-ethyl adjacent to an activating group) is 1. The predicted octanol–water partition coefficient (Wildman–Crippen LogP) is 4.36. The van der Waals surface area contributed by atoms with Crippen molar-refractivity contribution >= 4 is 48.9 Å². The van der Waals surface area contributed by atoms with Crippen LogP contribution in [-0.4, -0.2) is 71.9 Å². The van der Waals surface area contributed by atoms with E-state index in [4.69, 9.17) is 9.41 Å². The van der Waals surface area contributed by atoms with Gasteiger partial charge in [-0.15, -0.1) is 11.3 Å². The van der Waals surface area contributed by atoms with Crippen molar-refractivity contribution in [1.82, 2.24) is 14.8 Å². The molecular formula is C23H33N3O4S2Si. The summed E-state index contributed by atoms with van der Waals surface area (Å²) in [5.41, 5.74) is 2.33. The third kappa shape index (κ3) is 4.60. The van der Waals surface area contributed by atoms with Crippen LogP contribution in [0.1, 0.15) is 32.9 Å². The van der Waals surface area contributed by atoms with Crippen molar-refractivity contribution in [2.45, 2.75) is 69.4 Å². The molecule has 0 radical (unpaired) electrons. The molecule has 4 heterocycles. The second-order valence-electron chi connectivity index (χ2n) is 10.3. The van der Waals surface area contributed by atoms with E-state index in [1.165, 1.54) is 33.6 Å². The highest BCUT2D eigenvalue weighted by Crippen LogP contribution is 2.52. The van der Waals surface area contributed by atoms with Crippen molar-refractivity contribution in [2.75, 3.05) is 13.6 Å². The highest BCUT2D eigenvalue weighted by atomic mass is 32.2. The van der Waals surface area contributed by atoms with Crippen LogP contribution in [0.3, 0.4) is 0 Å². The molecule has 0 bridgehead atoms. The first-order valence-corrected chi connectivity index (χ1v) is 16.5. The largest absolute Gasteiger partial charge is 0.477 e. The number of fused-ring (bicyclic) bond motifs is 1. The minimum absolute atomic E-state index is 0.0774. The van der Waals surface area contributed by atoms with Crippen molar-refractivity contribution in [3.8, 4) is 0 Å². The van der Waals surface area contributed by atoms with Gasteiger partial charge in [-0.25, -0.2) is 9.78 Å². The summed E-state index contributed by atoms with van der Waals surface area (Å²) in [6, 6.07) is 0.292. The Labute approximate surface area is 205 Å². The molecule has 1 amide bonds. The SMILES string of the molecule is C[C@@H](O[Si](C)(C)C)[C@H]1C(=O)N2C(C(=O)O)=C(Sc3nc(C4=CCN(C)[C@@H](C)C4)cs3)[C@H](C)[C@H]12. The summed E-state index contributed by atoms with van der Waals surface area (Å²) < 4.78 is 7.02. The Kier molecular flexibility index (Phi) is 6.69. The fraction of sp³-hybridized carbons (Fsp3) is 0.609. The zero-order valence-corrected chi connectivity index (χ0v) is 22.9. The van der Waals surface area contributed by atoms with Crippen LogP contribution in [0.25, 0.3) is 5.57 Å². The molecule has 1 aromatic rings. The van der Waals surface area contributed by atoms with E-state index in [1.54, 1.807) is 0 Å². The zero-order chi connectivity index (χ0) is 24.2. The molecule has 1 aromatic heterocycles. The molecule has 1 saturated heterocycles. The summed E-state index contributed by atoms with van der Waals surface area (Å²) in [5, 5.41) is 12.0. The average molecular weight is 508 g/mol. The minimum Gasteiger partial charge on any atom is -0.477 e. The van der Waals surface area contributed by atoms with Crippen LogP contribution < -0.4 is 0 Å². The van der Waals surface area contributed by atoms with Gasteiger partial charge in [0.1, 0.15) is 5.70 Å². The minimum atomic E-state index is -1.82. The van der Waals surface area contributed by atoms with Crippen LogP contribution in [0.5, 0.6) is 0 Å². The first-order chi connectivity index (χ1) is 15.4. The molecule has 0 aromatic carbocycles.